The number of aliphatic hydroxyl groups is 1. The lowest BCUT2D eigenvalue weighted by Gasteiger charge is -2.37. The molecule has 2 rings (SSSR count). The Labute approximate surface area is 112 Å². The van der Waals surface area contributed by atoms with Crippen LogP contribution in [0.5, 0.6) is 0 Å². The van der Waals surface area contributed by atoms with Crippen LogP contribution in [0.15, 0.2) is 16.3 Å². The van der Waals surface area contributed by atoms with E-state index in [2.05, 4.69) is 0 Å². The van der Waals surface area contributed by atoms with Gasteiger partial charge in [-0.15, -0.1) is 11.3 Å². The van der Waals surface area contributed by atoms with Gasteiger partial charge in [-0.3, -0.25) is 0 Å². The Bertz CT molecular complexity index is 499. The molecular weight excluding hydrogens is 270 g/mol. The maximum Gasteiger partial charge on any atom is 0.253 e. The van der Waals surface area contributed by atoms with Crippen LogP contribution in [0.25, 0.3) is 0 Å². The van der Waals surface area contributed by atoms with E-state index in [0.29, 0.717) is 9.09 Å². The summed E-state index contributed by atoms with van der Waals surface area (Å²) in [5.41, 5.74) is 0. The summed E-state index contributed by atoms with van der Waals surface area (Å²) >= 11 is 1.16. The van der Waals surface area contributed by atoms with Gasteiger partial charge in [-0.25, -0.2) is 8.42 Å². The summed E-state index contributed by atoms with van der Waals surface area (Å²) in [4.78, 5) is 0.686. The van der Waals surface area contributed by atoms with Crippen molar-refractivity contribution in [2.45, 2.75) is 56.0 Å². The third-order valence-corrected chi connectivity index (χ3v) is 7.10. The van der Waals surface area contributed by atoms with Crippen molar-refractivity contribution in [3.05, 3.63) is 17.0 Å². The number of piperidine rings is 1. The summed E-state index contributed by atoms with van der Waals surface area (Å²) in [5, 5.41) is 9.03. The molecule has 0 spiro atoms. The maximum atomic E-state index is 12.6. The number of nitrogens with zero attached hydrogens (tertiary/aromatic N) is 1. The molecule has 0 unspecified atom stereocenters. The first-order valence-electron chi connectivity index (χ1n) is 6.20. The Hall–Kier alpha value is -0.430. The van der Waals surface area contributed by atoms with Crippen LogP contribution in [-0.2, 0) is 16.6 Å². The fourth-order valence-electron chi connectivity index (χ4n) is 2.56. The van der Waals surface area contributed by atoms with Gasteiger partial charge in [-0.05, 0) is 38.8 Å². The monoisotopic (exact) mass is 289 g/mol. The molecule has 1 aliphatic heterocycles. The second kappa shape index (κ2) is 5.28. The fraction of sp³-hybridized carbons (Fsp3) is 0.667. The number of rotatable bonds is 3. The Morgan fingerprint density at radius 1 is 1.33 bits per heavy atom. The minimum atomic E-state index is -3.41. The van der Waals surface area contributed by atoms with Crippen molar-refractivity contribution in [1.82, 2.24) is 4.31 Å². The molecule has 2 heterocycles. The van der Waals surface area contributed by atoms with Crippen molar-refractivity contribution in [2.75, 3.05) is 0 Å². The van der Waals surface area contributed by atoms with Crippen LogP contribution in [0.4, 0.5) is 0 Å². The van der Waals surface area contributed by atoms with Crippen LogP contribution in [0.1, 0.15) is 38.0 Å². The van der Waals surface area contributed by atoms with Gasteiger partial charge in [0.25, 0.3) is 10.0 Å². The minimum Gasteiger partial charge on any atom is -0.391 e. The van der Waals surface area contributed by atoms with E-state index in [0.717, 1.165) is 30.6 Å². The van der Waals surface area contributed by atoms with Crippen molar-refractivity contribution >= 4 is 21.4 Å². The predicted molar refractivity (Wildman–Crippen MR) is 72.0 cm³/mol. The molecule has 1 N–H and O–H groups in total. The second-order valence-electron chi connectivity index (χ2n) is 4.84. The highest BCUT2D eigenvalue weighted by Crippen LogP contribution is 2.32. The number of aliphatic hydroxyl groups excluding tert-OH is 1. The maximum absolute atomic E-state index is 12.6. The third-order valence-electron chi connectivity index (χ3n) is 3.44. The highest BCUT2D eigenvalue weighted by Gasteiger charge is 2.36. The zero-order chi connectivity index (χ0) is 13.3. The van der Waals surface area contributed by atoms with Gasteiger partial charge in [0.05, 0.1) is 6.61 Å². The van der Waals surface area contributed by atoms with Crippen LogP contribution >= 0.6 is 11.3 Å². The molecular formula is C12H19NO3S2. The summed E-state index contributed by atoms with van der Waals surface area (Å²) in [6, 6.07) is 3.38. The average molecular weight is 289 g/mol. The summed E-state index contributed by atoms with van der Waals surface area (Å²) in [6.07, 6.45) is 2.92. The molecule has 0 bridgehead atoms. The Balaban J connectivity index is 2.34. The van der Waals surface area contributed by atoms with E-state index in [1.807, 2.05) is 13.8 Å². The van der Waals surface area contributed by atoms with Crippen LogP contribution in [0, 0.1) is 0 Å². The molecule has 1 saturated heterocycles. The highest BCUT2D eigenvalue weighted by molar-refractivity contribution is 7.91. The summed E-state index contributed by atoms with van der Waals surface area (Å²) < 4.78 is 27.2. The second-order valence-corrected chi connectivity index (χ2v) is 8.08. The van der Waals surface area contributed by atoms with Gasteiger partial charge in [0.2, 0.25) is 0 Å². The molecule has 18 heavy (non-hydrogen) atoms. The van der Waals surface area contributed by atoms with E-state index in [1.54, 1.807) is 16.4 Å². The van der Waals surface area contributed by atoms with Crippen molar-refractivity contribution in [1.29, 1.82) is 0 Å². The van der Waals surface area contributed by atoms with Crippen LogP contribution < -0.4 is 0 Å². The van der Waals surface area contributed by atoms with Crippen LogP contribution in [-0.4, -0.2) is 29.9 Å². The molecule has 4 nitrogen and oxygen atoms in total. The first-order valence-corrected chi connectivity index (χ1v) is 8.45. The highest BCUT2D eigenvalue weighted by atomic mass is 32.2. The zero-order valence-electron chi connectivity index (χ0n) is 10.7. The van der Waals surface area contributed by atoms with Crippen molar-refractivity contribution in [3.63, 3.8) is 0 Å². The number of hydrogen-bond acceptors (Lipinski definition) is 4. The van der Waals surface area contributed by atoms with Crippen molar-refractivity contribution in [2.24, 2.45) is 0 Å². The SMILES string of the molecule is C[C@@H]1CCC[C@H](C)N1S(=O)(=O)c1ccc(CO)s1. The lowest BCUT2D eigenvalue weighted by Crippen LogP contribution is -2.47. The normalized spacial score (nSPS) is 26.4. The predicted octanol–water partition coefficient (Wildman–Crippen LogP) is 2.19. The molecule has 102 valence electrons. The molecule has 0 aromatic carbocycles. The quantitative estimate of drug-likeness (QED) is 0.928. The molecule has 1 fully saturated rings. The van der Waals surface area contributed by atoms with Gasteiger partial charge >= 0.3 is 0 Å². The van der Waals surface area contributed by atoms with E-state index in [-0.39, 0.29) is 18.7 Å². The summed E-state index contributed by atoms with van der Waals surface area (Å²) in [6.45, 7) is 3.83. The van der Waals surface area contributed by atoms with Gasteiger partial charge in [-0.1, -0.05) is 6.42 Å². The van der Waals surface area contributed by atoms with Gasteiger partial charge in [0, 0.05) is 17.0 Å². The summed E-state index contributed by atoms with van der Waals surface area (Å²) in [7, 11) is -3.41. The molecule has 0 radical (unpaired) electrons. The lowest BCUT2D eigenvalue weighted by molar-refractivity contribution is 0.204. The molecule has 0 aliphatic carbocycles. The standard InChI is InChI=1S/C12H19NO3S2/c1-9-4-3-5-10(2)13(9)18(15,16)12-7-6-11(8-14)17-12/h6-7,9-10,14H,3-5,8H2,1-2H3/t9-,10+. The molecule has 6 heteroatoms. The van der Waals surface area contributed by atoms with Crippen LogP contribution in [0.2, 0.25) is 0 Å². The average Bonchev–Trinajstić information content (AvgIpc) is 2.77. The Morgan fingerprint density at radius 3 is 2.44 bits per heavy atom. The van der Waals surface area contributed by atoms with Crippen molar-refractivity contribution < 1.29 is 13.5 Å². The first-order chi connectivity index (χ1) is 8.46. The van der Waals surface area contributed by atoms with Crippen molar-refractivity contribution in [3.8, 4) is 0 Å². The topological polar surface area (TPSA) is 57.6 Å². The Morgan fingerprint density at radius 2 is 1.94 bits per heavy atom. The third kappa shape index (κ3) is 2.47. The van der Waals surface area contributed by atoms with E-state index in [4.69, 9.17) is 5.11 Å². The largest absolute Gasteiger partial charge is 0.391 e. The molecule has 2 atom stereocenters. The minimum absolute atomic E-state index is 0.0541. The molecule has 0 amide bonds. The lowest BCUT2D eigenvalue weighted by atomic mass is 10.0. The van der Waals surface area contributed by atoms with Gasteiger partial charge in [0.15, 0.2) is 0 Å². The number of thiophene rings is 1. The van der Waals surface area contributed by atoms with E-state index in [9.17, 15) is 8.42 Å². The molecule has 1 aromatic heterocycles. The fourth-order valence-corrected chi connectivity index (χ4v) is 5.76. The first kappa shape index (κ1) is 14.0. The smallest absolute Gasteiger partial charge is 0.253 e. The molecule has 0 saturated carbocycles. The van der Waals surface area contributed by atoms with Gasteiger partial charge < -0.3 is 5.11 Å². The van der Waals surface area contributed by atoms with E-state index in [1.165, 1.54) is 0 Å². The van der Waals surface area contributed by atoms with E-state index < -0.39 is 10.0 Å². The van der Waals surface area contributed by atoms with Gasteiger partial charge in [0.1, 0.15) is 4.21 Å². The van der Waals surface area contributed by atoms with Crippen LogP contribution in [0.3, 0.4) is 0 Å². The van der Waals surface area contributed by atoms with Gasteiger partial charge in [-0.2, -0.15) is 4.31 Å². The summed E-state index contributed by atoms with van der Waals surface area (Å²) in [5.74, 6) is 0. The molecule has 1 aliphatic rings. The number of hydrogen-bond donors (Lipinski definition) is 1. The Kier molecular flexibility index (Phi) is 4.11. The van der Waals surface area contributed by atoms with E-state index >= 15 is 0 Å². The number of sulfonamides is 1. The molecule has 1 aromatic rings. The zero-order valence-corrected chi connectivity index (χ0v) is 12.3.